The van der Waals surface area contributed by atoms with Crippen LogP contribution in [0, 0.1) is 0 Å². The van der Waals surface area contributed by atoms with Crippen LogP contribution in [0.1, 0.15) is 6.92 Å². The van der Waals surface area contributed by atoms with Crippen molar-refractivity contribution in [2.75, 3.05) is 45.2 Å². The van der Waals surface area contributed by atoms with Crippen LogP contribution in [0.25, 0.3) is 0 Å². The van der Waals surface area contributed by atoms with Crippen molar-refractivity contribution >= 4 is 23.6 Å². The van der Waals surface area contributed by atoms with Crippen molar-refractivity contribution < 1.29 is 28.8 Å². The molecule has 3 amide bonds. The lowest BCUT2D eigenvalue weighted by atomic mass is 10.3. The second kappa shape index (κ2) is 8.30. The van der Waals surface area contributed by atoms with Gasteiger partial charge in [0.05, 0.1) is 20.2 Å². The van der Waals surface area contributed by atoms with Crippen LogP contribution in [0.4, 0.5) is 10.5 Å². The van der Waals surface area contributed by atoms with Gasteiger partial charge in [0.2, 0.25) is 0 Å². The minimum atomic E-state index is -0.615. The molecule has 0 bridgehead atoms. The number of cyclic esters (lactones) is 1. The van der Waals surface area contributed by atoms with Gasteiger partial charge in [0.1, 0.15) is 12.4 Å². The quantitative estimate of drug-likeness (QED) is 0.702. The molecule has 2 rings (SSSR count). The molecule has 0 aliphatic carbocycles. The van der Waals surface area contributed by atoms with E-state index in [-0.39, 0.29) is 38.1 Å². The molecule has 0 spiro atoms. The minimum Gasteiger partial charge on any atom is -0.497 e. The van der Waals surface area contributed by atoms with Crippen LogP contribution in [0.15, 0.2) is 24.3 Å². The minimum absolute atomic E-state index is 0.0666. The Morgan fingerprint density at radius 1 is 1.38 bits per heavy atom. The van der Waals surface area contributed by atoms with Gasteiger partial charge in [-0.3, -0.25) is 9.59 Å². The lowest BCUT2D eigenvalue weighted by Crippen LogP contribution is -3.14. The number of imide groups is 1. The summed E-state index contributed by atoms with van der Waals surface area (Å²) in [4.78, 5) is 37.5. The number of hydrogen-bond donors (Lipinski definition) is 2. The van der Waals surface area contributed by atoms with E-state index in [4.69, 9.17) is 9.47 Å². The number of nitrogens with zero attached hydrogens (tertiary/aromatic N) is 1. The van der Waals surface area contributed by atoms with Crippen LogP contribution < -0.4 is 15.0 Å². The predicted molar refractivity (Wildman–Crippen MR) is 85.9 cm³/mol. The summed E-state index contributed by atoms with van der Waals surface area (Å²) in [7, 11) is 1.55. The fourth-order valence-corrected chi connectivity index (χ4v) is 2.37. The molecule has 1 saturated heterocycles. The molecule has 0 saturated carbocycles. The third-order valence-corrected chi connectivity index (χ3v) is 3.73. The van der Waals surface area contributed by atoms with Gasteiger partial charge in [0.15, 0.2) is 13.1 Å². The average molecular weight is 336 g/mol. The maximum absolute atomic E-state index is 12.2. The van der Waals surface area contributed by atoms with E-state index in [0.29, 0.717) is 18.0 Å². The third kappa shape index (κ3) is 4.69. The molecule has 8 nitrogen and oxygen atoms in total. The molecule has 1 aromatic rings. The number of ether oxygens (including phenoxy) is 2. The molecule has 1 aliphatic rings. The molecule has 0 radical (unpaired) electrons. The molecule has 0 aromatic heterocycles. The summed E-state index contributed by atoms with van der Waals surface area (Å²) in [6.07, 6.45) is -0.615. The zero-order chi connectivity index (χ0) is 17.5. The van der Waals surface area contributed by atoms with Crippen LogP contribution >= 0.6 is 0 Å². The lowest BCUT2D eigenvalue weighted by molar-refractivity contribution is -0.881. The van der Waals surface area contributed by atoms with Gasteiger partial charge in [-0.15, -0.1) is 0 Å². The number of benzene rings is 1. The van der Waals surface area contributed by atoms with E-state index in [2.05, 4.69) is 5.32 Å². The lowest BCUT2D eigenvalue weighted by Gasteiger charge is -2.19. The van der Waals surface area contributed by atoms with Crippen molar-refractivity contribution in [1.29, 1.82) is 0 Å². The molecular formula is C16H22N3O5+. The van der Waals surface area contributed by atoms with Gasteiger partial charge in [-0.1, -0.05) is 6.07 Å². The molecule has 1 heterocycles. The number of carbonyl (C=O) groups is 3. The smallest absolute Gasteiger partial charge is 0.416 e. The fourth-order valence-electron chi connectivity index (χ4n) is 2.37. The summed E-state index contributed by atoms with van der Waals surface area (Å²) in [5.74, 6) is 0.107. The molecule has 24 heavy (non-hydrogen) atoms. The van der Waals surface area contributed by atoms with Crippen LogP contribution in [0.3, 0.4) is 0 Å². The second-order valence-corrected chi connectivity index (χ2v) is 5.40. The summed E-state index contributed by atoms with van der Waals surface area (Å²) in [6, 6.07) is 7.04. The zero-order valence-electron chi connectivity index (χ0n) is 13.8. The summed E-state index contributed by atoms with van der Waals surface area (Å²) >= 11 is 0. The van der Waals surface area contributed by atoms with Crippen LogP contribution in [-0.2, 0) is 14.3 Å². The molecule has 1 unspecified atom stereocenters. The van der Waals surface area contributed by atoms with E-state index in [0.717, 1.165) is 9.80 Å². The topological polar surface area (TPSA) is 89.4 Å². The average Bonchev–Trinajstić information content (AvgIpc) is 3.00. The number of hydrogen-bond acceptors (Lipinski definition) is 5. The Labute approximate surface area is 140 Å². The highest BCUT2D eigenvalue weighted by Gasteiger charge is 2.31. The molecule has 1 aliphatic heterocycles. The van der Waals surface area contributed by atoms with Crippen molar-refractivity contribution in [3.8, 4) is 5.75 Å². The summed E-state index contributed by atoms with van der Waals surface area (Å²) in [6.45, 7) is 3.15. The summed E-state index contributed by atoms with van der Waals surface area (Å²) in [5.41, 5.74) is 0.629. The van der Waals surface area contributed by atoms with E-state index in [9.17, 15) is 14.4 Å². The normalized spacial score (nSPS) is 14.9. The number of likely N-dealkylation sites (N-methyl/N-ethyl adjacent to an activating group) is 1. The molecule has 1 atom stereocenters. The van der Waals surface area contributed by atoms with E-state index in [1.165, 1.54) is 0 Å². The molecule has 130 valence electrons. The molecule has 2 N–H and O–H groups in total. The SMILES string of the molecule is CC[NH+](CC(=O)Nc1cccc(OC)c1)CC(=O)N1CCOC1=O. The number of quaternary nitrogens is 1. The number of rotatable bonds is 7. The Hall–Kier alpha value is -2.61. The largest absolute Gasteiger partial charge is 0.497 e. The van der Waals surface area contributed by atoms with E-state index in [1.54, 1.807) is 31.4 Å². The maximum Gasteiger partial charge on any atom is 0.416 e. The van der Waals surface area contributed by atoms with Crippen molar-refractivity contribution in [1.82, 2.24) is 4.90 Å². The standard InChI is InChI=1S/C16H21N3O5/c1-3-18(11-15(21)19-7-8-24-16(19)22)10-14(20)17-12-5-4-6-13(9-12)23-2/h4-6,9H,3,7-8,10-11H2,1-2H3,(H,17,20)/p+1. The Morgan fingerprint density at radius 2 is 2.17 bits per heavy atom. The first-order valence-electron chi connectivity index (χ1n) is 7.78. The van der Waals surface area contributed by atoms with Gasteiger partial charge in [-0.25, -0.2) is 9.69 Å². The molecule has 8 heteroatoms. The predicted octanol–water partition coefficient (Wildman–Crippen LogP) is -0.483. The highest BCUT2D eigenvalue weighted by atomic mass is 16.6. The molecular weight excluding hydrogens is 314 g/mol. The van der Waals surface area contributed by atoms with Crippen LogP contribution in [-0.4, -0.2) is 62.7 Å². The van der Waals surface area contributed by atoms with E-state index < -0.39 is 6.09 Å². The van der Waals surface area contributed by atoms with Crippen LogP contribution in [0.5, 0.6) is 5.75 Å². The second-order valence-electron chi connectivity index (χ2n) is 5.40. The van der Waals surface area contributed by atoms with Gasteiger partial charge in [-0.2, -0.15) is 0 Å². The van der Waals surface area contributed by atoms with Crippen LogP contribution in [0.2, 0.25) is 0 Å². The Kier molecular flexibility index (Phi) is 6.14. The first kappa shape index (κ1) is 17.7. The van der Waals surface area contributed by atoms with E-state index in [1.807, 2.05) is 6.92 Å². The maximum atomic E-state index is 12.2. The third-order valence-electron chi connectivity index (χ3n) is 3.73. The van der Waals surface area contributed by atoms with Gasteiger partial charge in [0, 0.05) is 11.8 Å². The Morgan fingerprint density at radius 3 is 2.79 bits per heavy atom. The number of amides is 3. The molecule has 1 fully saturated rings. The molecule has 1 aromatic carbocycles. The summed E-state index contributed by atoms with van der Waals surface area (Å²) < 4.78 is 9.86. The van der Waals surface area contributed by atoms with Crippen molar-refractivity contribution in [3.63, 3.8) is 0 Å². The number of methoxy groups -OCH3 is 1. The first-order valence-corrected chi connectivity index (χ1v) is 7.78. The van der Waals surface area contributed by atoms with Gasteiger partial charge in [-0.05, 0) is 19.1 Å². The van der Waals surface area contributed by atoms with E-state index >= 15 is 0 Å². The number of anilines is 1. The fraction of sp³-hybridized carbons (Fsp3) is 0.438. The summed E-state index contributed by atoms with van der Waals surface area (Å²) in [5, 5.41) is 2.78. The Bertz CT molecular complexity index is 619. The highest BCUT2D eigenvalue weighted by molar-refractivity contribution is 5.94. The monoisotopic (exact) mass is 336 g/mol. The number of carbonyl (C=O) groups excluding carboxylic acids is 3. The van der Waals surface area contributed by atoms with Gasteiger partial charge in [0.25, 0.3) is 11.8 Å². The van der Waals surface area contributed by atoms with Gasteiger partial charge < -0.3 is 19.7 Å². The highest BCUT2D eigenvalue weighted by Crippen LogP contribution is 2.16. The van der Waals surface area contributed by atoms with Crippen molar-refractivity contribution in [2.24, 2.45) is 0 Å². The Balaban J connectivity index is 1.88. The zero-order valence-corrected chi connectivity index (χ0v) is 13.8. The first-order chi connectivity index (χ1) is 11.5. The number of nitrogens with one attached hydrogen (secondary N) is 2. The van der Waals surface area contributed by atoms with Crippen molar-refractivity contribution in [2.45, 2.75) is 6.92 Å². The van der Waals surface area contributed by atoms with Crippen molar-refractivity contribution in [3.05, 3.63) is 24.3 Å². The van der Waals surface area contributed by atoms with Gasteiger partial charge >= 0.3 is 6.09 Å².